The van der Waals surface area contributed by atoms with E-state index >= 15 is 0 Å². The summed E-state index contributed by atoms with van der Waals surface area (Å²) in [6.45, 7) is 5.16. The Morgan fingerprint density at radius 3 is 2.75 bits per heavy atom. The molecule has 0 radical (unpaired) electrons. The second-order valence-electron chi connectivity index (χ2n) is 6.18. The lowest BCUT2D eigenvalue weighted by Gasteiger charge is -2.11. The first-order valence-electron chi connectivity index (χ1n) is 7.67. The lowest BCUT2D eigenvalue weighted by molar-refractivity contribution is 0.523. The molecule has 1 aromatic carbocycles. The van der Waals surface area contributed by atoms with Gasteiger partial charge in [0.05, 0.1) is 5.52 Å². The lowest BCUT2D eigenvalue weighted by atomic mass is 10.1. The number of nitrogens with zero attached hydrogens (tertiary/aromatic N) is 1. The van der Waals surface area contributed by atoms with Crippen LogP contribution in [0.15, 0.2) is 24.4 Å². The van der Waals surface area contributed by atoms with E-state index in [2.05, 4.69) is 29.9 Å². The van der Waals surface area contributed by atoms with Gasteiger partial charge in [0.2, 0.25) is 0 Å². The second kappa shape index (κ2) is 5.57. The van der Waals surface area contributed by atoms with Gasteiger partial charge in [-0.1, -0.05) is 12.8 Å². The summed E-state index contributed by atoms with van der Waals surface area (Å²) in [7, 11) is 0. The van der Waals surface area contributed by atoms with Crippen molar-refractivity contribution in [3.63, 3.8) is 0 Å². The van der Waals surface area contributed by atoms with Gasteiger partial charge in [0.1, 0.15) is 5.82 Å². The van der Waals surface area contributed by atoms with Crippen LogP contribution in [0.25, 0.3) is 10.9 Å². The molecule has 0 bridgehead atoms. The number of hydrogen-bond donors (Lipinski definition) is 1. The fourth-order valence-corrected chi connectivity index (χ4v) is 3.25. The first-order chi connectivity index (χ1) is 9.65. The number of hydrogen-bond acceptors (Lipinski definition) is 1. The number of fused-ring (bicyclic) bond motifs is 1. The van der Waals surface area contributed by atoms with Gasteiger partial charge in [-0.05, 0) is 50.5 Å². The van der Waals surface area contributed by atoms with Gasteiger partial charge >= 0.3 is 0 Å². The molecule has 3 rings (SSSR count). The Morgan fingerprint density at radius 2 is 2.05 bits per heavy atom. The van der Waals surface area contributed by atoms with E-state index in [-0.39, 0.29) is 5.82 Å². The molecule has 0 unspecified atom stereocenters. The minimum absolute atomic E-state index is 0.159. The molecule has 0 aliphatic heterocycles. The molecular formula is C17H23FN2. The van der Waals surface area contributed by atoms with Crippen LogP contribution in [-0.2, 0) is 6.54 Å². The van der Waals surface area contributed by atoms with Crippen LogP contribution in [0, 0.1) is 5.82 Å². The van der Waals surface area contributed by atoms with Crippen LogP contribution in [0.5, 0.6) is 0 Å². The van der Waals surface area contributed by atoms with Crippen LogP contribution in [-0.4, -0.2) is 10.6 Å². The standard InChI is InChI=1S/C17H23FN2/c1-12(2)20-11-13(10-19-15-5-3-4-6-15)16-8-7-14(18)9-17(16)20/h7-9,11-12,15,19H,3-6,10H2,1-2H3. The fourth-order valence-electron chi connectivity index (χ4n) is 3.25. The van der Waals surface area contributed by atoms with E-state index in [1.54, 1.807) is 12.1 Å². The molecule has 1 saturated carbocycles. The molecule has 0 saturated heterocycles. The average molecular weight is 274 g/mol. The van der Waals surface area contributed by atoms with Gasteiger partial charge in [0.15, 0.2) is 0 Å². The first-order valence-corrected chi connectivity index (χ1v) is 7.67. The molecule has 2 nitrogen and oxygen atoms in total. The predicted molar refractivity (Wildman–Crippen MR) is 81.4 cm³/mol. The number of nitrogens with one attached hydrogen (secondary N) is 1. The molecule has 1 aliphatic rings. The van der Waals surface area contributed by atoms with E-state index in [0.29, 0.717) is 12.1 Å². The molecule has 0 spiro atoms. The maximum atomic E-state index is 13.5. The van der Waals surface area contributed by atoms with Crippen LogP contribution >= 0.6 is 0 Å². The Kier molecular flexibility index (Phi) is 3.79. The van der Waals surface area contributed by atoms with Gasteiger partial charge in [0.25, 0.3) is 0 Å². The summed E-state index contributed by atoms with van der Waals surface area (Å²) >= 11 is 0. The minimum atomic E-state index is -0.159. The van der Waals surface area contributed by atoms with E-state index in [0.717, 1.165) is 12.1 Å². The molecular weight excluding hydrogens is 251 g/mol. The molecule has 0 atom stereocenters. The van der Waals surface area contributed by atoms with Crippen LogP contribution in [0.1, 0.15) is 51.1 Å². The van der Waals surface area contributed by atoms with Crippen LogP contribution in [0.3, 0.4) is 0 Å². The van der Waals surface area contributed by atoms with Crippen molar-refractivity contribution in [3.05, 3.63) is 35.8 Å². The average Bonchev–Trinajstić information content (AvgIpc) is 3.02. The smallest absolute Gasteiger partial charge is 0.125 e. The third-order valence-electron chi connectivity index (χ3n) is 4.37. The fraction of sp³-hybridized carbons (Fsp3) is 0.529. The van der Waals surface area contributed by atoms with Crippen molar-refractivity contribution in [2.24, 2.45) is 0 Å². The zero-order valence-corrected chi connectivity index (χ0v) is 12.3. The molecule has 1 aliphatic carbocycles. The van der Waals surface area contributed by atoms with Gasteiger partial charge in [-0.25, -0.2) is 4.39 Å². The highest BCUT2D eigenvalue weighted by Gasteiger charge is 2.16. The Balaban J connectivity index is 1.89. The molecule has 108 valence electrons. The first kappa shape index (κ1) is 13.6. The van der Waals surface area contributed by atoms with Crippen molar-refractivity contribution < 1.29 is 4.39 Å². The highest BCUT2D eigenvalue weighted by molar-refractivity contribution is 5.84. The van der Waals surface area contributed by atoms with E-state index in [9.17, 15) is 4.39 Å². The number of aromatic nitrogens is 1. The molecule has 1 fully saturated rings. The van der Waals surface area contributed by atoms with Crippen molar-refractivity contribution in [1.29, 1.82) is 0 Å². The molecule has 1 heterocycles. The highest BCUT2D eigenvalue weighted by atomic mass is 19.1. The van der Waals surface area contributed by atoms with Crippen molar-refractivity contribution in [2.45, 2.75) is 58.2 Å². The summed E-state index contributed by atoms with van der Waals surface area (Å²) < 4.78 is 15.7. The number of halogens is 1. The Hall–Kier alpha value is -1.35. The Labute approximate surface area is 120 Å². The SMILES string of the molecule is CC(C)n1cc(CNC2CCCC2)c2ccc(F)cc21. The molecule has 20 heavy (non-hydrogen) atoms. The Bertz CT molecular complexity index is 594. The van der Waals surface area contributed by atoms with Crippen LogP contribution in [0.2, 0.25) is 0 Å². The van der Waals surface area contributed by atoms with Gasteiger partial charge in [-0.3, -0.25) is 0 Å². The zero-order chi connectivity index (χ0) is 14.1. The topological polar surface area (TPSA) is 17.0 Å². The lowest BCUT2D eigenvalue weighted by Crippen LogP contribution is -2.25. The Morgan fingerprint density at radius 1 is 1.30 bits per heavy atom. The summed E-state index contributed by atoms with van der Waals surface area (Å²) in [6, 6.07) is 6.13. The van der Waals surface area contributed by atoms with E-state index in [4.69, 9.17) is 0 Å². The predicted octanol–water partition coefficient (Wildman–Crippen LogP) is 4.39. The molecule has 0 amide bonds. The largest absolute Gasteiger partial charge is 0.345 e. The van der Waals surface area contributed by atoms with Crippen molar-refractivity contribution in [1.82, 2.24) is 9.88 Å². The van der Waals surface area contributed by atoms with E-state index in [1.807, 2.05) is 6.07 Å². The van der Waals surface area contributed by atoms with Crippen LogP contribution < -0.4 is 5.32 Å². The normalized spacial score (nSPS) is 16.6. The van der Waals surface area contributed by atoms with E-state index < -0.39 is 0 Å². The monoisotopic (exact) mass is 274 g/mol. The second-order valence-corrected chi connectivity index (χ2v) is 6.18. The summed E-state index contributed by atoms with van der Waals surface area (Å²) in [4.78, 5) is 0. The summed E-state index contributed by atoms with van der Waals surface area (Å²) in [5, 5.41) is 4.82. The molecule has 2 aromatic rings. The summed E-state index contributed by atoms with van der Waals surface area (Å²) in [5.41, 5.74) is 2.28. The molecule has 1 N–H and O–H groups in total. The summed E-state index contributed by atoms with van der Waals surface area (Å²) in [5.74, 6) is -0.159. The van der Waals surface area contributed by atoms with Gasteiger partial charge in [-0.15, -0.1) is 0 Å². The summed E-state index contributed by atoms with van der Waals surface area (Å²) in [6.07, 6.45) is 7.44. The third-order valence-corrected chi connectivity index (χ3v) is 4.37. The van der Waals surface area contributed by atoms with Crippen molar-refractivity contribution in [3.8, 4) is 0 Å². The van der Waals surface area contributed by atoms with Gasteiger partial charge in [-0.2, -0.15) is 0 Å². The van der Waals surface area contributed by atoms with Crippen molar-refractivity contribution >= 4 is 10.9 Å². The number of benzene rings is 1. The molecule has 1 aromatic heterocycles. The maximum Gasteiger partial charge on any atom is 0.125 e. The van der Waals surface area contributed by atoms with E-state index in [1.165, 1.54) is 36.6 Å². The zero-order valence-electron chi connectivity index (χ0n) is 12.3. The number of rotatable bonds is 4. The third kappa shape index (κ3) is 2.59. The quantitative estimate of drug-likeness (QED) is 0.874. The highest BCUT2D eigenvalue weighted by Crippen LogP contribution is 2.26. The molecule has 3 heteroatoms. The van der Waals surface area contributed by atoms with Crippen molar-refractivity contribution in [2.75, 3.05) is 0 Å². The minimum Gasteiger partial charge on any atom is -0.345 e. The maximum absolute atomic E-state index is 13.5. The van der Waals surface area contributed by atoms with Gasteiger partial charge in [0, 0.05) is 30.2 Å². The van der Waals surface area contributed by atoms with Gasteiger partial charge < -0.3 is 9.88 Å². The van der Waals surface area contributed by atoms with Crippen LogP contribution in [0.4, 0.5) is 4.39 Å².